The molecule has 1 aliphatic heterocycles. The van der Waals surface area contributed by atoms with Crippen LogP contribution >= 0.6 is 11.6 Å². The number of hydrogen-bond acceptors (Lipinski definition) is 7. The molecule has 5 rings (SSSR count). The number of ether oxygens (including phenoxy) is 1. The van der Waals surface area contributed by atoms with Gasteiger partial charge in [0.1, 0.15) is 5.82 Å². The largest absolute Gasteiger partial charge is 0.376 e. The Morgan fingerprint density at radius 1 is 1.20 bits per heavy atom. The van der Waals surface area contributed by atoms with Gasteiger partial charge in [0.25, 0.3) is 0 Å². The zero-order chi connectivity index (χ0) is 20.7. The van der Waals surface area contributed by atoms with Gasteiger partial charge in [0, 0.05) is 23.6 Å². The molecule has 0 radical (unpaired) electrons. The minimum absolute atomic E-state index is 0.0906. The third kappa shape index (κ3) is 3.28. The zero-order valence-electron chi connectivity index (χ0n) is 15.8. The van der Waals surface area contributed by atoms with Crippen molar-refractivity contribution in [2.75, 3.05) is 18.5 Å². The highest BCUT2D eigenvalue weighted by molar-refractivity contribution is 7.91. The summed E-state index contributed by atoms with van der Waals surface area (Å²) in [5, 5.41) is 12.4. The lowest BCUT2D eigenvalue weighted by molar-refractivity contribution is 0.120. The van der Waals surface area contributed by atoms with Crippen molar-refractivity contribution < 1.29 is 13.2 Å². The number of sulfone groups is 1. The van der Waals surface area contributed by atoms with Crippen LogP contribution in [0.15, 0.2) is 58.5 Å². The van der Waals surface area contributed by atoms with E-state index in [9.17, 15) is 8.42 Å². The summed E-state index contributed by atoms with van der Waals surface area (Å²) in [6.07, 6.45) is 2.08. The van der Waals surface area contributed by atoms with Gasteiger partial charge in [-0.2, -0.15) is 4.52 Å². The van der Waals surface area contributed by atoms with Crippen molar-refractivity contribution >= 4 is 43.8 Å². The lowest BCUT2D eigenvalue weighted by Crippen LogP contribution is -2.19. The maximum atomic E-state index is 13.2. The molecule has 8 nitrogen and oxygen atoms in total. The van der Waals surface area contributed by atoms with Crippen molar-refractivity contribution in [3.63, 3.8) is 0 Å². The van der Waals surface area contributed by atoms with Gasteiger partial charge >= 0.3 is 0 Å². The van der Waals surface area contributed by atoms with Gasteiger partial charge in [-0.1, -0.05) is 35.0 Å². The zero-order valence-corrected chi connectivity index (χ0v) is 17.4. The lowest BCUT2D eigenvalue weighted by atomic mass is 10.2. The Morgan fingerprint density at radius 3 is 2.80 bits per heavy atom. The molecule has 30 heavy (non-hydrogen) atoms. The Hall–Kier alpha value is -2.75. The van der Waals surface area contributed by atoms with Crippen LogP contribution in [0.5, 0.6) is 0 Å². The first-order valence-electron chi connectivity index (χ1n) is 9.54. The fourth-order valence-electron chi connectivity index (χ4n) is 3.61. The van der Waals surface area contributed by atoms with Gasteiger partial charge in [0.15, 0.2) is 5.65 Å². The van der Waals surface area contributed by atoms with Crippen molar-refractivity contribution in [2.24, 2.45) is 0 Å². The summed E-state index contributed by atoms with van der Waals surface area (Å²) in [4.78, 5) is 4.73. The van der Waals surface area contributed by atoms with E-state index < -0.39 is 9.84 Å². The number of aromatic nitrogens is 4. The normalized spacial score (nSPS) is 17.0. The molecular formula is C20H18ClN5O3S. The third-order valence-corrected chi connectivity index (χ3v) is 7.01. The second-order valence-corrected chi connectivity index (χ2v) is 9.39. The van der Waals surface area contributed by atoms with E-state index in [4.69, 9.17) is 16.3 Å². The molecule has 1 N–H and O–H groups in total. The Kier molecular flexibility index (Phi) is 4.80. The fourth-order valence-corrected chi connectivity index (χ4v) is 5.03. The van der Waals surface area contributed by atoms with Crippen molar-refractivity contribution in [3.8, 4) is 0 Å². The first-order valence-corrected chi connectivity index (χ1v) is 11.4. The van der Waals surface area contributed by atoms with Gasteiger partial charge in [-0.15, -0.1) is 5.10 Å². The average Bonchev–Trinajstić information content (AvgIpc) is 3.42. The van der Waals surface area contributed by atoms with E-state index in [1.807, 2.05) is 0 Å². The molecule has 154 valence electrons. The molecule has 0 saturated carbocycles. The molecular weight excluding hydrogens is 426 g/mol. The summed E-state index contributed by atoms with van der Waals surface area (Å²) in [5.41, 5.74) is 0.810. The van der Waals surface area contributed by atoms with Crippen LogP contribution in [0.1, 0.15) is 12.8 Å². The molecule has 1 fully saturated rings. The van der Waals surface area contributed by atoms with E-state index in [2.05, 4.69) is 20.6 Å². The molecule has 1 saturated heterocycles. The van der Waals surface area contributed by atoms with Crippen molar-refractivity contribution in [1.82, 2.24) is 19.8 Å². The highest BCUT2D eigenvalue weighted by atomic mass is 35.5. The summed E-state index contributed by atoms with van der Waals surface area (Å²) in [6, 6.07) is 13.4. The summed E-state index contributed by atoms with van der Waals surface area (Å²) < 4.78 is 33.4. The standard InChI is InChI=1S/C20H18ClN5O3S/c21-13-8-9-17-16(11-13)18(22-12-14-5-4-10-29-14)23-19-20(24-25-26(17)19)30(27,28)15-6-2-1-3-7-15/h1-3,6-9,11,14H,4-5,10,12H2,(H,22,23)/t14-/m0/s1. The number of fused-ring (bicyclic) bond motifs is 3. The Bertz CT molecular complexity index is 1340. The third-order valence-electron chi connectivity index (χ3n) is 5.11. The Labute approximate surface area is 177 Å². The molecule has 0 spiro atoms. The molecule has 2 aromatic heterocycles. The number of halogens is 1. The fraction of sp³-hybridized carbons (Fsp3) is 0.250. The minimum atomic E-state index is -3.88. The van der Waals surface area contributed by atoms with Gasteiger partial charge in [0.05, 0.1) is 16.5 Å². The molecule has 0 amide bonds. The second-order valence-electron chi connectivity index (χ2n) is 7.08. The number of hydrogen-bond donors (Lipinski definition) is 1. The van der Waals surface area contributed by atoms with Crippen LogP contribution in [-0.4, -0.2) is 47.5 Å². The van der Waals surface area contributed by atoms with Gasteiger partial charge in [-0.25, -0.2) is 13.4 Å². The first-order chi connectivity index (χ1) is 14.5. The molecule has 3 heterocycles. The van der Waals surface area contributed by atoms with Gasteiger partial charge < -0.3 is 10.1 Å². The van der Waals surface area contributed by atoms with E-state index in [0.717, 1.165) is 24.8 Å². The molecule has 10 heteroatoms. The average molecular weight is 444 g/mol. The summed E-state index contributed by atoms with van der Waals surface area (Å²) in [6.45, 7) is 1.31. The van der Waals surface area contributed by atoms with E-state index in [1.165, 1.54) is 16.6 Å². The minimum Gasteiger partial charge on any atom is -0.376 e. The number of benzene rings is 2. The van der Waals surface area contributed by atoms with E-state index in [0.29, 0.717) is 22.9 Å². The van der Waals surface area contributed by atoms with Crippen molar-refractivity contribution in [3.05, 3.63) is 53.6 Å². The van der Waals surface area contributed by atoms with Crippen molar-refractivity contribution in [1.29, 1.82) is 0 Å². The Morgan fingerprint density at radius 2 is 2.03 bits per heavy atom. The van der Waals surface area contributed by atoms with Crippen LogP contribution in [0.25, 0.3) is 16.6 Å². The quantitative estimate of drug-likeness (QED) is 0.505. The van der Waals surface area contributed by atoms with Gasteiger partial charge in [-0.3, -0.25) is 0 Å². The summed E-state index contributed by atoms with van der Waals surface area (Å²) in [7, 11) is -3.88. The molecule has 1 atom stereocenters. The monoisotopic (exact) mass is 443 g/mol. The number of anilines is 1. The summed E-state index contributed by atoms with van der Waals surface area (Å²) >= 11 is 6.21. The molecule has 0 bridgehead atoms. The summed E-state index contributed by atoms with van der Waals surface area (Å²) in [5.74, 6) is 0.516. The maximum Gasteiger partial charge on any atom is 0.229 e. The van der Waals surface area contributed by atoms with E-state index >= 15 is 0 Å². The highest BCUT2D eigenvalue weighted by Crippen LogP contribution is 2.30. The molecule has 2 aromatic carbocycles. The van der Waals surface area contributed by atoms with Crippen LogP contribution in [0.2, 0.25) is 5.02 Å². The van der Waals surface area contributed by atoms with E-state index in [-0.39, 0.29) is 21.7 Å². The van der Waals surface area contributed by atoms with Crippen LogP contribution in [0.3, 0.4) is 0 Å². The molecule has 0 unspecified atom stereocenters. The van der Waals surface area contributed by atoms with Crippen molar-refractivity contribution in [2.45, 2.75) is 28.9 Å². The molecule has 0 aliphatic carbocycles. The van der Waals surface area contributed by atoms with E-state index in [1.54, 1.807) is 36.4 Å². The van der Waals surface area contributed by atoms with Crippen LogP contribution < -0.4 is 5.32 Å². The lowest BCUT2D eigenvalue weighted by Gasteiger charge is -2.14. The smallest absolute Gasteiger partial charge is 0.229 e. The van der Waals surface area contributed by atoms with Gasteiger partial charge in [-0.05, 0) is 43.2 Å². The predicted octanol–water partition coefficient (Wildman–Crippen LogP) is 3.35. The molecule has 4 aromatic rings. The van der Waals surface area contributed by atoms with Crippen LogP contribution in [0, 0.1) is 0 Å². The molecule has 1 aliphatic rings. The number of rotatable bonds is 5. The van der Waals surface area contributed by atoms with Crippen LogP contribution in [0.4, 0.5) is 5.82 Å². The van der Waals surface area contributed by atoms with Gasteiger partial charge in [0.2, 0.25) is 14.9 Å². The SMILES string of the molecule is O=S(=O)(c1ccccc1)c1nnn2c1nc(NC[C@@H]1CCCO1)c1cc(Cl)ccc12. The first kappa shape index (κ1) is 19.2. The maximum absolute atomic E-state index is 13.2. The number of nitrogens with zero attached hydrogens (tertiary/aromatic N) is 4. The second kappa shape index (κ2) is 7.50. The highest BCUT2D eigenvalue weighted by Gasteiger charge is 2.27. The number of nitrogens with one attached hydrogen (secondary N) is 1. The topological polar surface area (TPSA) is 98.5 Å². The Balaban J connectivity index is 1.68. The predicted molar refractivity (Wildman–Crippen MR) is 113 cm³/mol. The van der Waals surface area contributed by atoms with Crippen LogP contribution in [-0.2, 0) is 14.6 Å².